The Bertz CT molecular complexity index is 753. The summed E-state index contributed by atoms with van der Waals surface area (Å²) in [6.45, 7) is 9.16. The summed E-state index contributed by atoms with van der Waals surface area (Å²) in [6.07, 6.45) is 3.38. The molecule has 0 radical (unpaired) electrons. The first kappa shape index (κ1) is 19.9. The van der Waals surface area contributed by atoms with Crippen molar-refractivity contribution < 1.29 is 4.79 Å². The van der Waals surface area contributed by atoms with Gasteiger partial charge in [0.2, 0.25) is 5.91 Å². The van der Waals surface area contributed by atoms with E-state index in [1.165, 1.54) is 24.6 Å². The summed E-state index contributed by atoms with van der Waals surface area (Å²) in [6, 6.07) is 10.1. The Balaban J connectivity index is 1.76. The second kappa shape index (κ2) is 8.89. The van der Waals surface area contributed by atoms with Gasteiger partial charge in [0.05, 0.1) is 12.3 Å². The van der Waals surface area contributed by atoms with E-state index in [4.69, 9.17) is 0 Å². The van der Waals surface area contributed by atoms with E-state index >= 15 is 0 Å². The number of hydrogen-bond donors (Lipinski definition) is 1. The summed E-state index contributed by atoms with van der Waals surface area (Å²) in [5.74, 6) is 1.29. The zero-order valence-electron chi connectivity index (χ0n) is 16.4. The smallest absolute Gasteiger partial charge is 0.230 e. The number of nitrogens with zero attached hydrogens (tertiary/aromatic N) is 4. The van der Waals surface area contributed by atoms with Crippen LogP contribution in [0.4, 0.5) is 0 Å². The number of likely N-dealkylation sites (tertiary alicyclic amines) is 1. The van der Waals surface area contributed by atoms with Crippen molar-refractivity contribution in [2.45, 2.75) is 57.3 Å². The van der Waals surface area contributed by atoms with E-state index < -0.39 is 0 Å². The molecule has 146 valence electrons. The van der Waals surface area contributed by atoms with Gasteiger partial charge in [-0.3, -0.25) is 14.3 Å². The fourth-order valence-electron chi connectivity index (χ4n) is 3.11. The van der Waals surface area contributed by atoms with E-state index in [-0.39, 0.29) is 11.4 Å². The zero-order valence-corrected chi connectivity index (χ0v) is 17.3. The molecule has 1 aromatic heterocycles. The Kier molecular flexibility index (Phi) is 6.55. The lowest BCUT2D eigenvalue weighted by Crippen LogP contribution is -2.43. The number of para-hydroxylation sites is 1. The highest BCUT2D eigenvalue weighted by molar-refractivity contribution is 7.99. The van der Waals surface area contributed by atoms with Gasteiger partial charge in [-0.15, -0.1) is 10.2 Å². The third-order valence-corrected chi connectivity index (χ3v) is 5.90. The summed E-state index contributed by atoms with van der Waals surface area (Å²) in [5, 5.41) is 12.7. The van der Waals surface area contributed by atoms with Crippen LogP contribution in [0.1, 0.15) is 45.9 Å². The van der Waals surface area contributed by atoms with Crippen LogP contribution in [0.25, 0.3) is 5.69 Å². The molecule has 1 aromatic carbocycles. The van der Waals surface area contributed by atoms with Gasteiger partial charge in [0.15, 0.2) is 11.0 Å². The van der Waals surface area contributed by atoms with Gasteiger partial charge in [0, 0.05) is 11.2 Å². The monoisotopic (exact) mass is 387 g/mol. The number of thioether (sulfide) groups is 1. The highest BCUT2D eigenvalue weighted by atomic mass is 32.2. The van der Waals surface area contributed by atoms with Gasteiger partial charge in [-0.2, -0.15) is 0 Å². The maximum absolute atomic E-state index is 12.3. The van der Waals surface area contributed by atoms with Crippen LogP contribution in [-0.4, -0.2) is 50.0 Å². The minimum Gasteiger partial charge on any atom is -0.351 e. The van der Waals surface area contributed by atoms with Crippen LogP contribution in [0.2, 0.25) is 0 Å². The van der Waals surface area contributed by atoms with Crippen LogP contribution in [-0.2, 0) is 11.3 Å². The first-order valence-electron chi connectivity index (χ1n) is 9.64. The van der Waals surface area contributed by atoms with Crippen LogP contribution >= 0.6 is 11.8 Å². The summed E-state index contributed by atoms with van der Waals surface area (Å²) < 4.78 is 2.08. The van der Waals surface area contributed by atoms with E-state index in [1.807, 2.05) is 32.0 Å². The first-order valence-corrected chi connectivity index (χ1v) is 10.6. The Hall–Kier alpha value is -1.86. The van der Waals surface area contributed by atoms with Gasteiger partial charge in [-0.1, -0.05) is 36.9 Å². The Morgan fingerprint density at radius 3 is 2.56 bits per heavy atom. The zero-order chi connectivity index (χ0) is 19.3. The predicted molar refractivity (Wildman–Crippen MR) is 109 cm³/mol. The lowest BCUT2D eigenvalue weighted by molar-refractivity contribution is -0.120. The minimum atomic E-state index is -0.189. The van der Waals surface area contributed by atoms with E-state index in [0.717, 1.165) is 42.7 Å². The maximum atomic E-state index is 12.3. The molecule has 1 N–H and O–H groups in total. The number of benzene rings is 1. The number of aromatic nitrogens is 3. The van der Waals surface area contributed by atoms with Crippen LogP contribution in [0.3, 0.4) is 0 Å². The molecule has 0 spiro atoms. The fourth-order valence-corrected chi connectivity index (χ4v) is 3.88. The molecule has 1 aliphatic heterocycles. The predicted octanol–water partition coefficient (Wildman–Crippen LogP) is 3.26. The molecule has 2 heterocycles. The number of carbonyl (C=O) groups is 1. The minimum absolute atomic E-state index is 0.0237. The Labute approximate surface area is 165 Å². The summed E-state index contributed by atoms with van der Waals surface area (Å²) in [5.41, 5.74) is 0.847. The molecular formula is C20H29N5OS. The second-order valence-electron chi connectivity index (χ2n) is 7.63. The highest BCUT2D eigenvalue weighted by Crippen LogP contribution is 2.24. The highest BCUT2D eigenvalue weighted by Gasteiger charge is 2.21. The number of carbonyl (C=O) groups excluding carboxylic acids is 1. The van der Waals surface area contributed by atoms with Crippen molar-refractivity contribution >= 4 is 17.7 Å². The van der Waals surface area contributed by atoms with Crippen LogP contribution < -0.4 is 5.32 Å². The van der Waals surface area contributed by atoms with Crippen molar-refractivity contribution in [3.63, 3.8) is 0 Å². The normalized spacial score (nSPS) is 15.2. The molecule has 1 aliphatic rings. The fraction of sp³-hybridized carbons (Fsp3) is 0.550. The quantitative estimate of drug-likeness (QED) is 0.705. The van der Waals surface area contributed by atoms with Crippen LogP contribution in [0.15, 0.2) is 35.5 Å². The molecule has 1 fully saturated rings. The maximum Gasteiger partial charge on any atom is 0.230 e. The van der Waals surface area contributed by atoms with Crippen molar-refractivity contribution in [2.75, 3.05) is 18.8 Å². The molecule has 2 aromatic rings. The molecule has 7 heteroatoms. The molecule has 6 nitrogen and oxygen atoms in total. The van der Waals surface area contributed by atoms with Crippen molar-refractivity contribution in [1.29, 1.82) is 0 Å². The Morgan fingerprint density at radius 2 is 1.89 bits per heavy atom. The van der Waals surface area contributed by atoms with Crippen molar-refractivity contribution in [3.05, 3.63) is 36.2 Å². The van der Waals surface area contributed by atoms with Crippen molar-refractivity contribution in [3.8, 4) is 5.69 Å². The molecule has 3 rings (SSSR count). The van der Waals surface area contributed by atoms with E-state index in [0.29, 0.717) is 5.75 Å². The molecule has 0 bridgehead atoms. The number of nitrogens with one attached hydrogen (secondary N) is 1. The SMILES string of the molecule is CCC(C)(C)NC(=O)CSc1nnc(CN2CCCC2)n1-c1ccccc1. The standard InChI is InChI=1S/C20H29N5OS/c1-4-20(2,3)21-18(26)15-27-19-23-22-17(14-24-12-8-9-13-24)25(19)16-10-6-5-7-11-16/h5-7,10-11H,4,8-9,12-15H2,1-3H3,(H,21,26). The average Bonchev–Trinajstić information content (AvgIpc) is 3.30. The summed E-state index contributed by atoms with van der Waals surface area (Å²) >= 11 is 1.44. The van der Waals surface area contributed by atoms with Gasteiger partial charge < -0.3 is 5.32 Å². The van der Waals surface area contributed by atoms with Gasteiger partial charge in [0.25, 0.3) is 0 Å². The molecule has 27 heavy (non-hydrogen) atoms. The van der Waals surface area contributed by atoms with Gasteiger partial charge in [0.1, 0.15) is 0 Å². The van der Waals surface area contributed by atoms with Gasteiger partial charge in [-0.25, -0.2) is 0 Å². The third kappa shape index (κ3) is 5.32. The third-order valence-electron chi connectivity index (χ3n) is 4.97. The van der Waals surface area contributed by atoms with Crippen molar-refractivity contribution in [2.24, 2.45) is 0 Å². The lowest BCUT2D eigenvalue weighted by Gasteiger charge is -2.24. The van der Waals surface area contributed by atoms with E-state index in [9.17, 15) is 4.79 Å². The number of amides is 1. The van der Waals surface area contributed by atoms with Crippen LogP contribution in [0, 0.1) is 0 Å². The van der Waals surface area contributed by atoms with Gasteiger partial charge >= 0.3 is 0 Å². The topological polar surface area (TPSA) is 63.1 Å². The molecule has 0 aliphatic carbocycles. The number of hydrogen-bond acceptors (Lipinski definition) is 5. The molecular weight excluding hydrogens is 358 g/mol. The molecule has 1 saturated heterocycles. The van der Waals surface area contributed by atoms with E-state index in [1.54, 1.807) is 0 Å². The van der Waals surface area contributed by atoms with Crippen molar-refractivity contribution in [1.82, 2.24) is 25.0 Å². The molecule has 0 saturated carbocycles. The average molecular weight is 388 g/mol. The van der Waals surface area contributed by atoms with Gasteiger partial charge in [-0.05, 0) is 58.3 Å². The molecule has 1 amide bonds. The second-order valence-corrected chi connectivity index (χ2v) is 8.57. The molecule has 0 unspecified atom stereocenters. The first-order chi connectivity index (χ1) is 13.0. The Morgan fingerprint density at radius 1 is 1.19 bits per heavy atom. The summed E-state index contributed by atoms with van der Waals surface area (Å²) in [4.78, 5) is 14.7. The molecule has 0 atom stereocenters. The van der Waals surface area contributed by atoms with E-state index in [2.05, 4.69) is 44.0 Å². The van der Waals surface area contributed by atoms with Crippen LogP contribution in [0.5, 0.6) is 0 Å². The summed E-state index contributed by atoms with van der Waals surface area (Å²) in [7, 11) is 0. The lowest BCUT2D eigenvalue weighted by atomic mass is 10.0. The number of rotatable bonds is 8. The largest absolute Gasteiger partial charge is 0.351 e.